The Kier molecular flexibility index (Phi) is 9.42. The summed E-state index contributed by atoms with van der Waals surface area (Å²) in [6.07, 6.45) is 6.34. The third-order valence-corrected chi connectivity index (χ3v) is 2.38. The number of methoxy groups -OCH3 is 1. The van der Waals surface area contributed by atoms with Crippen LogP contribution in [-0.4, -0.2) is 25.8 Å². The van der Waals surface area contributed by atoms with Gasteiger partial charge in [-0.15, -0.1) is 0 Å². The highest BCUT2D eigenvalue weighted by Gasteiger charge is 2.08. The molecule has 0 aliphatic heterocycles. The van der Waals surface area contributed by atoms with E-state index < -0.39 is 0 Å². The van der Waals surface area contributed by atoms with Crippen LogP contribution in [0.3, 0.4) is 0 Å². The van der Waals surface area contributed by atoms with Crippen molar-refractivity contribution in [1.29, 1.82) is 0 Å². The lowest BCUT2D eigenvalue weighted by Gasteiger charge is -2.21. The van der Waals surface area contributed by atoms with Gasteiger partial charge in [0.1, 0.15) is 0 Å². The summed E-state index contributed by atoms with van der Waals surface area (Å²) in [6, 6.07) is 1.28. The zero-order chi connectivity index (χ0) is 10.8. The van der Waals surface area contributed by atoms with E-state index in [-0.39, 0.29) is 0 Å². The summed E-state index contributed by atoms with van der Waals surface area (Å²) >= 11 is 0. The van der Waals surface area contributed by atoms with Crippen LogP contribution in [0, 0.1) is 0 Å². The predicted molar refractivity (Wildman–Crippen MR) is 62.7 cm³/mol. The Bertz CT molecular complexity index is 115. The fraction of sp³-hybridized carbons (Fsp3) is 1.00. The SMILES string of the molecule is CCCCC(CCCOC)NC(C)C. The molecule has 0 heterocycles. The zero-order valence-corrected chi connectivity index (χ0v) is 10.3. The Morgan fingerprint density at radius 2 is 1.79 bits per heavy atom. The van der Waals surface area contributed by atoms with Crippen molar-refractivity contribution in [3.8, 4) is 0 Å². The molecule has 14 heavy (non-hydrogen) atoms. The molecule has 0 saturated carbocycles. The summed E-state index contributed by atoms with van der Waals surface area (Å²) in [5.41, 5.74) is 0. The van der Waals surface area contributed by atoms with Gasteiger partial charge in [-0.1, -0.05) is 33.6 Å². The standard InChI is InChI=1S/C12H27NO/c1-5-6-8-12(13-11(2)3)9-7-10-14-4/h11-13H,5-10H2,1-4H3. The lowest BCUT2D eigenvalue weighted by Crippen LogP contribution is -2.34. The smallest absolute Gasteiger partial charge is 0.0462 e. The van der Waals surface area contributed by atoms with Gasteiger partial charge in [-0.05, 0) is 19.3 Å². The van der Waals surface area contributed by atoms with Crippen LogP contribution in [-0.2, 0) is 4.74 Å². The minimum Gasteiger partial charge on any atom is -0.385 e. The van der Waals surface area contributed by atoms with Crippen LogP contribution in [0.2, 0.25) is 0 Å². The topological polar surface area (TPSA) is 21.3 Å². The molecule has 0 spiro atoms. The fourth-order valence-corrected chi connectivity index (χ4v) is 1.71. The van der Waals surface area contributed by atoms with E-state index in [1.807, 2.05) is 0 Å². The van der Waals surface area contributed by atoms with Crippen molar-refractivity contribution < 1.29 is 4.74 Å². The summed E-state index contributed by atoms with van der Waals surface area (Å²) < 4.78 is 5.07. The summed E-state index contributed by atoms with van der Waals surface area (Å²) in [4.78, 5) is 0. The average Bonchev–Trinajstić information content (AvgIpc) is 2.13. The Morgan fingerprint density at radius 1 is 1.14 bits per heavy atom. The zero-order valence-electron chi connectivity index (χ0n) is 10.3. The number of rotatable bonds is 9. The number of hydrogen-bond donors (Lipinski definition) is 1. The maximum absolute atomic E-state index is 5.07. The molecule has 0 aliphatic carbocycles. The Morgan fingerprint density at radius 3 is 2.29 bits per heavy atom. The molecule has 0 radical (unpaired) electrons. The van der Waals surface area contributed by atoms with Crippen molar-refractivity contribution >= 4 is 0 Å². The van der Waals surface area contributed by atoms with Crippen LogP contribution in [0.4, 0.5) is 0 Å². The third-order valence-electron chi connectivity index (χ3n) is 2.38. The Hall–Kier alpha value is -0.0800. The van der Waals surface area contributed by atoms with Gasteiger partial charge in [-0.2, -0.15) is 0 Å². The van der Waals surface area contributed by atoms with Gasteiger partial charge in [-0.25, -0.2) is 0 Å². The number of nitrogens with one attached hydrogen (secondary N) is 1. The van der Waals surface area contributed by atoms with Crippen molar-refractivity contribution in [2.24, 2.45) is 0 Å². The maximum atomic E-state index is 5.07. The highest BCUT2D eigenvalue weighted by atomic mass is 16.5. The first-order valence-electron chi connectivity index (χ1n) is 5.95. The molecule has 0 aromatic carbocycles. The van der Waals surface area contributed by atoms with E-state index in [1.54, 1.807) is 7.11 Å². The van der Waals surface area contributed by atoms with Gasteiger partial charge in [0, 0.05) is 25.8 Å². The molecule has 0 aromatic heterocycles. The molecule has 0 saturated heterocycles. The van der Waals surface area contributed by atoms with Crippen molar-refractivity contribution in [3.63, 3.8) is 0 Å². The van der Waals surface area contributed by atoms with Gasteiger partial charge in [0.15, 0.2) is 0 Å². The molecule has 0 amide bonds. The molecule has 1 unspecified atom stereocenters. The quantitative estimate of drug-likeness (QED) is 0.579. The van der Waals surface area contributed by atoms with E-state index in [9.17, 15) is 0 Å². The number of hydrogen-bond acceptors (Lipinski definition) is 2. The molecule has 1 N–H and O–H groups in total. The monoisotopic (exact) mass is 201 g/mol. The molecular formula is C12H27NO. The second-order valence-corrected chi connectivity index (χ2v) is 4.30. The molecule has 0 aliphatic rings. The minimum atomic E-state index is 0.597. The molecule has 0 fully saturated rings. The van der Waals surface area contributed by atoms with E-state index in [0.29, 0.717) is 12.1 Å². The molecule has 86 valence electrons. The van der Waals surface area contributed by atoms with Crippen LogP contribution in [0.15, 0.2) is 0 Å². The first-order valence-corrected chi connectivity index (χ1v) is 5.95. The fourth-order valence-electron chi connectivity index (χ4n) is 1.71. The number of ether oxygens (including phenoxy) is 1. The van der Waals surface area contributed by atoms with Gasteiger partial charge in [0.2, 0.25) is 0 Å². The summed E-state index contributed by atoms with van der Waals surface area (Å²) in [5, 5.41) is 3.62. The first-order chi connectivity index (χ1) is 6.70. The van der Waals surface area contributed by atoms with Gasteiger partial charge >= 0.3 is 0 Å². The lowest BCUT2D eigenvalue weighted by molar-refractivity contribution is 0.187. The van der Waals surface area contributed by atoms with Crippen molar-refractivity contribution in [2.45, 2.75) is 65.0 Å². The highest BCUT2D eigenvalue weighted by molar-refractivity contribution is 4.69. The third kappa shape index (κ3) is 8.52. The molecule has 2 nitrogen and oxygen atoms in total. The summed E-state index contributed by atoms with van der Waals surface area (Å²) in [7, 11) is 1.77. The van der Waals surface area contributed by atoms with E-state index >= 15 is 0 Å². The normalized spacial score (nSPS) is 13.5. The second-order valence-electron chi connectivity index (χ2n) is 4.30. The lowest BCUT2D eigenvalue weighted by atomic mass is 10.0. The van der Waals surface area contributed by atoms with Crippen LogP contribution in [0.5, 0.6) is 0 Å². The van der Waals surface area contributed by atoms with Crippen LogP contribution in [0.1, 0.15) is 52.9 Å². The maximum Gasteiger partial charge on any atom is 0.0462 e. The van der Waals surface area contributed by atoms with E-state index in [0.717, 1.165) is 6.61 Å². The molecule has 0 aromatic rings. The molecule has 2 heteroatoms. The average molecular weight is 201 g/mol. The molecule has 0 bridgehead atoms. The number of unbranched alkanes of at least 4 members (excludes halogenated alkanes) is 1. The van der Waals surface area contributed by atoms with E-state index in [4.69, 9.17) is 4.74 Å². The van der Waals surface area contributed by atoms with Gasteiger partial charge < -0.3 is 10.1 Å². The predicted octanol–water partition coefficient (Wildman–Crippen LogP) is 2.97. The minimum absolute atomic E-state index is 0.597. The van der Waals surface area contributed by atoms with Crippen LogP contribution < -0.4 is 5.32 Å². The van der Waals surface area contributed by atoms with Crippen LogP contribution in [0.25, 0.3) is 0 Å². The summed E-state index contributed by atoms with van der Waals surface area (Å²) in [5.74, 6) is 0. The molecular weight excluding hydrogens is 174 g/mol. The highest BCUT2D eigenvalue weighted by Crippen LogP contribution is 2.08. The van der Waals surface area contributed by atoms with Gasteiger partial charge in [-0.3, -0.25) is 0 Å². The Labute approximate surface area is 89.4 Å². The molecule has 1 atom stereocenters. The second kappa shape index (κ2) is 9.47. The first kappa shape index (κ1) is 13.9. The van der Waals surface area contributed by atoms with Gasteiger partial charge in [0.05, 0.1) is 0 Å². The van der Waals surface area contributed by atoms with E-state index in [1.165, 1.54) is 32.1 Å². The van der Waals surface area contributed by atoms with E-state index in [2.05, 4.69) is 26.1 Å². The van der Waals surface area contributed by atoms with Crippen molar-refractivity contribution in [2.75, 3.05) is 13.7 Å². The van der Waals surface area contributed by atoms with Gasteiger partial charge in [0.25, 0.3) is 0 Å². The van der Waals surface area contributed by atoms with Crippen molar-refractivity contribution in [1.82, 2.24) is 5.32 Å². The largest absolute Gasteiger partial charge is 0.385 e. The van der Waals surface area contributed by atoms with Crippen molar-refractivity contribution in [3.05, 3.63) is 0 Å². The molecule has 0 rings (SSSR count). The van der Waals surface area contributed by atoms with Crippen LogP contribution >= 0.6 is 0 Å². The Balaban J connectivity index is 3.61. The summed E-state index contributed by atoms with van der Waals surface area (Å²) in [6.45, 7) is 7.58.